The number of hydrogen-bond donors (Lipinski definition) is 1. The van der Waals surface area contributed by atoms with Gasteiger partial charge in [-0.15, -0.1) is 0 Å². The molecule has 1 N–H and O–H groups in total. The fourth-order valence-corrected chi connectivity index (χ4v) is 2.48. The summed E-state index contributed by atoms with van der Waals surface area (Å²) >= 11 is 0. The molecule has 0 spiro atoms. The van der Waals surface area contributed by atoms with Crippen LogP contribution in [0.3, 0.4) is 0 Å². The van der Waals surface area contributed by atoms with Crippen LogP contribution in [0, 0.1) is 5.82 Å². The van der Waals surface area contributed by atoms with E-state index < -0.39 is 0 Å². The summed E-state index contributed by atoms with van der Waals surface area (Å²) in [4.78, 5) is 18.5. The van der Waals surface area contributed by atoms with E-state index in [-0.39, 0.29) is 24.8 Å². The summed E-state index contributed by atoms with van der Waals surface area (Å²) in [5.74, 6) is 0.728. The number of pyridine rings is 1. The number of anilines is 2. The third-order valence-corrected chi connectivity index (χ3v) is 3.76. The van der Waals surface area contributed by atoms with E-state index in [1.165, 1.54) is 12.1 Å². The number of ether oxygens (including phenoxy) is 2. The molecule has 2 heterocycles. The predicted octanol–water partition coefficient (Wildman–Crippen LogP) is 2.46. The van der Waals surface area contributed by atoms with Crippen LogP contribution in [0.2, 0.25) is 0 Å². The van der Waals surface area contributed by atoms with Crippen LogP contribution in [0.1, 0.15) is 6.42 Å². The molecule has 1 saturated heterocycles. The monoisotopic (exact) mass is 345 g/mol. The van der Waals surface area contributed by atoms with Crippen LogP contribution in [-0.4, -0.2) is 43.8 Å². The van der Waals surface area contributed by atoms with Crippen molar-refractivity contribution in [3.05, 3.63) is 48.4 Å². The van der Waals surface area contributed by atoms with Crippen molar-refractivity contribution in [1.29, 1.82) is 0 Å². The minimum absolute atomic E-state index is 0.168. The van der Waals surface area contributed by atoms with Gasteiger partial charge in [0.1, 0.15) is 17.4 Å². The smallest absolute Gasteiger partial charge is 0.227 e. The van der Waals surface area contributed by atoms with Crippen molar-refractivity contribution in [2.75, 3.05) is 43.1 Å². The van der Waals surface area contributed by atoms with E-state index in [1.807, 2.05) is 12.1 Å². The number of rotatable bonds is 6. The summed E-state index contributed by atoms with van der Waals surface area (Å²) in [6.45, 7) is 3.21. The molecule has 1 aromatic carbocycles. The lowest BCUT2D eigenvalue weighted by molar-refractivity contribution is -0.116. The van der Waals surface area contributed by atoms with Gasteiger partial charge in [-0.25, -0.2) is 9.37 Å². The fraction of sp³-hybridized carbons (Fsp3) is 0.333. The van der Waals surface area contributed by atoms with E-state index in [1.54, 1.807) is 18.3 Å². The first kappa shape index (κ1) is 17.2. The largest absolute Gasteiger partial charge is 0.493 e. The molecule has 1 aliphatic rings. The minimum Gasteiger partial charge on any atom is -0.493 e. The highest BCUT2D eigenvalue weighted by Gasteiger charge is 2.12. The van der Waals surface area contributed by atoms with Crippen molar-refractivity contribution >= 4 is 17.4 Å². The molecule has 0 aliphatic carbocycles. The number of halogens is 1. The first-order chi connectivity index (χ1) is 12.2. The van der Waals surface area contributed by atoms with Gasteiger partial charge >= 0.3 is 0 Å². The van der Waals surface area contributed by atoms with Crippen LogP contribution >= 0.6 is 0 Å². The Kier molecular flexibility index (Phi) is 5.79. The van der Waals surface area contributed by atoms with Crippen LogP contribution in [0.25, 0.3) is 0 Å². The number of aromatic nitrogens is 1. The van der Waals surface area contributed by atoms with Crippen LogP contribution < -0.4 is 15.0 Å². The average Bonchev–Trinajstić information content (AvgIpc) is 2.63. The van der Waals surface area contributed by atoms with E-state index in [0.29, 0.717) is 24.7 Å². The third kappa shape index (κ3) is 5.15. The summed E-state index contributed by atoms with van der Waals surface area (Å²) in [5.41, 5.74) is 0.632. The highest BCUT2D eigenvalue weighted by atomic mass is 19.1. The molecule has 0 radical (unpaired) electrons. The highest BCUT2D eigenvalue weighted by Crippen LogP contribution is 2.16. The minimum atomic E-state index is -0.367. The molecule has 1 aliphatic heterocycles. The molecule has 25 heavy (non-hydrogen) atoms. The highest BCUT2D eigenvalue weighted by molar-refractivity contribution is 5.90. The molecule has 1 amide bonds. The van der Waals surface area contributed by atoms with Crippen LogP contribution in [-0.2, 0) is 9.53 Å². The Balaban J connectivity index is 1.44. The number of benzene rings is 1. The summed E-state index contributed by atoms with van der Waals surface area (Å²) in [5, 5.41) is 2.77. The first-order valence-corrected chi connectivity index (χ1v) is 8.18. The van der Waals surface area contributed by atoms with E-state index in [4.69, 9.17) is 9.47 Å². The van der Waals surface area contributed by atoms with Gasteiger partial charge < -0.3 is 19.7 Å². The molecule has 6 nitrogen and oxygen atoms in total. The molecule has 3 rings (SSSR count). The Bertz CT molecular complexity index is 703. The summed E-state index contributed by atoms with van der Waals surface area (Å²) in [6, 6.07) is 9.54. The van der Waals surface area contributed by atoms with Crippen LogP contribution in [0.5, 0.6) is 5.75 Å². The molecule has 132 valence electrons. The topological polar surface area (TPSA) is 63.7 Å². The fourth-order valence-electron chi connectivity index (χ4n) is 2.48. The van der Waals surface area contributed by atoms with E-state index in [2.05, 4.69) is 15.2 Å². The van der Waals surface area contributed by atoms with Gasteiger partial charge in [0.2, 0.25) is 5.91 Å². The van der Waals surface area contributed by atoms with Gasteiger partial charge in [-0.3, -0.25) is 4.79 Å². The number of carbonyl (C=O) groups is 1. The maximum absolute atomic E-state index is 13.0. The van der Waals surface area contributed by atoms with E-state index in [9.17, 15) is 9.18 Å². The maximum Gasteiger partial charge on any atom is 0.227 e. The molecular formula is C18H20FN3O3. The van der Waals surface area contributed by atoms with Gasteiger partial charge in [0.15, 0.2) is 0 Å². The molecule has 7 heteroatoms. The predicted molar refractivity (Wildman–Crippen MR) is 92.4 cm³/mol. The second kappa shape index (κ2) is 8.43. The number of amides is 1. The molecule has 2 aromatic rings. The Labute approximate surface area is 145 Å². The molecule has 1 aromatic heterocycles. The standard InChI is InChI=1S/C18H20FN3O3/c19-14-2-1-3-16(12-14)25-9-6-18(23)21-15-4-5-17(20-13-15)22-7-10-24-11-8-22/h1-5,12-13H,6-11H2,(H,21,23). The summed E-state index contributed by atoms with van der Waals surface area (Å²) in [7, 11) is 0. The quantitative estimate of drug-likeness (QED) is 0.871. The zero-order valence-corrected chi connectivity index (χ0v) is 13.8. The van der Waals surface area contributed by atoms with Crippen molar-refractivity contribution < 1.29 is 18.7 Å². The number of carbonyl (C=O) groups excluding carboxylic acids is 1. The molecule has 0 bridgehead atoms. The van der Waals surface area contributed by atoms with Crippen molar-refractivity contribution in [3.63, 3.8) is 0 Å². The Hall–Kier alpha value is -2.67. The van der Waals surface area contributed by atoms with Gasteiger partial charge in [-0.05, 0) is 24.3 Å². The number of morpholine rings is 1. The van der Waals surface area contributed by atoms with Crippen molar-refractivity contribution in [1.82, 2.24) is 4.98 Å². The maximum atomic E-state index is 13.0. The first-order valence-electron chi connectivity index (χ1n) is 8.18. The lowest BCUT2D eigenvalue weighted by Crippen LogP contribution is -2.36. The lowest BCUT2D eigenvalue weighted by atomic mass is 10.3. The number of nitrogens with one attached hydrogen (secondary N) is 1. The molecule has 0 atom stereocenters. The zero-order valence-electron chi connectivity index (χ0n) is 13.8. The molecular weight excluding hydrogens is 325 g/mol. The second-order valence-electron chi connectivity index (χ2n) is 5.61. The second-order valence-corrected chi connectivity index (χ2v) is 5.61. The SMILES string of the molecule is O=C(CCOc1cccc(F)c1)Nc1ccc(N2CCOCC2)nc1. The van der Waals surface area contributed by atoms with Gasteiger partial charge in [-0.2, -0.15) is 0 Å². The number of hydrogen-bond acceptors (Lipinski definition) is 5. The van der Waals surface area contributed by atoms with Crippen molar-refractivity contribution in [2.24, 2.45) is 0 Å². The average molecular weight is 345 g/mol. The summed E-state index contributed by atoms with van der Waals surface area (Å²) in [6.07, 6.45) is 1.80. The van der Waals surface area contributed by atoms with E-state index in [0.717, 1.165) is 18.9 Å². The Morgan fingerprint density at radius 2 is 2.12 bits per heavy atom. The molecule has 0 unspecified atom stereocenters. The Morgan fingerprint density at radius 1 is 1.28 bits per heavy atom. The van der Waals surface area contributed by atoms with Gasteiger partial charge in [-0.1, -0.05) is 6.07 Å². The van der Waals surface area contributed by atoms with Crippen molar-refractivity contribution in [2.45, 2.75) is 6.42 Å². The van der Waals surface area contributed by atoms with E-state index >= 15 is 0 Å². The molecule has 0 saturated carbocycles. The van der Waals surface area contributed by atoms with Crippen LogP contribution in [0.4, 0.5) is 15.9 Å². The van der Waals surface area contributed by atoms with Crippen molar-refractivity contribution in [3.8, 4) is 5.75 Å². The lowest BCUT2D eigenvalue weighted by Gasteiger charge is -2.27. The third-order valence-electron chi connectivity index (χ3n) is 3.76. The van der Waals surface area contributed by atoms with Gasteiger partial charge in [0.25, 0.3) is 0 Å². The Morgan fingerprint density at radius 3 is 2.84 bits per heavy atom. The normalized spacial score (nSPS) is 14.2. The summed E-state index contributed by atoms with van der Waals surface area (Å²) < 4.78 is 23.7. The molecule has 1 fully saturated rings. The van der Waals surface area contributed by atoms with Gasteiger partial charge in [0.05, 0.1) is 38.1 Å². The number of nitrogens with zero attached hydrogens (tertiary/aromatic N) is 2. The zero-order chi connectivity index (χ0) is 17.5. The van der Waals surface area contributed by atoms with Crippen LogP contribution in [0.15, 0.2) is 42.6 Å². The van der Waals surface area contributed by atoms with Gasteiger partial charge in [0, 0.05) is 19.2 Å².